The molecule has 0 saturated carbocycles. The average molecular weight is 280 g/mol. The Morgan fingerprint density at radius 1 is 1.55 bits per heavy atom. The van der Waals surface area contributed by atoms with Gasteiger partial charge in [0.25, 0.3) is 5.91 Å². The summed E-state index contributed by atoms with van der Waals surface area (Å²) in [7, 11) is 0. The van der Waals surface area contributed by atoms with Crippen molar-refractivity contribution >= 4 is 5.91 Å². The number of carbonyl (C=O) groups excluding carboxylic acids is 1. The minimum atomic E-state index is -0.259. The predicted molar refractivity (Wildman–Crippen MR) is 76.6 cm³/mol. The maximum absolute atomic E-state index is 12.1. The fraction of sp³-hybridized carbons (Fsp3) is 0.667. The molecule has 5 nitrogen and oxygen atoms in total. The van der Waals surface area contributed by atoms with Crippen molar-refractivity contribution in [3.8, 4) is 0 Å². The Labute approximate surface area is 119 Å². The summed E-state index contributed by atoms with van der Waals surface area (Å²) in [5, 5.41) is 13.1. The van der Waals surface area contributed by atoms with Gasteiger partial charge in [0, 0.05) is 25.7 Å². The highest BCUT2D eigenvalue weighted by molar-refractivity contribution is 5.93. The Morgan fingerprint density at radius 2 is 2.30 bits per heavy atom. The van der Waals surface area contributed by atoms with E-state index in [-0.39, 0.29) is 12.0 Å². The van der Waals surface area contributed by atoms with Gasteiger partial charge in [-0.05, 0) is 25.3 Å². The van der Waals surface area contributed by atoms with E-state index in [1.165, 1.54) is 12.5 Å². The van der Waals surface area contributed by atoms with Crippen LogP contribution >= 0.6 is 0 Å². The third kappa shape index (κ3) is 4.08. The van der Waals surface area contributed by atoms with Gasteiger partial charge in [0.2, 0.25) is 0 Å². The molecule has 1 aliphatic heterocycles. The van der Waals surface area contributed by atoms with E-state index >= 15 is 0 Å². The molecule has 0 spiro atoms. The first-order valence-electron chi connectivity index (χ1n) is 7.43. The van der Waals surface area contributed by atoms with Gasteiger partial charge in [-0.3, -0.25) is 4.79 Å². The number of hydrogen-bond acceptors (Lipinski definition) is 4. The monoisotopic (exact) mass is 280 g/mol. The summed E-state index contributed by atoms with van der Waals surface area (Å²) in [4.78, 5) is 14.0. The molecular weight excluding hydrogens is 256 g/mol. The molecular formula is C15H24N2O3. The maximum atomic E-state index is 12.1. The zero-order chi connectivity index (χ0) is 14.4. The van der Waals surface area contributed by atoms with Gasteiger partial charge in [-0.1, -0.05) is 13.3 Å². The molecule has 1 saturated heterocycles. The lowest BCUT2D eigenvalue weighted by atomic mass is 10.0. The Bertz CT molecular complexity index is 397. The second-order valence-electron chi connectivity index (χ2n) is 5.43. The van der Waals surface area contributed by atoms with Crippen LogP contribution in [-0.4, -0.2) is 47.7 Å². The van der Waals surface area contributed by atoms with Crippen molar-refractivity contribution in [3.63, 3.8) is 0 Å². The van der Waals surface area contributed by atoms with Crippen molar-refractivity contribution < 1.29 is 14.3 Å². The molecule has 20 heavy (non-hydrogen) atoms. The highest BCUT2D eigenvalue weighted by atomic mass is 16.3. The summed E-state index contributed by atoms with van der Waals surface area (Å²) in [6.45, 7) is 4.23. The van der Waals surface area contributed by atoms with Crippen LogP contribution in [0.1, 0.15) is 43.0 Å². The zero-order valence-electron chi connectivity index (χ0n) is 12.0. The van der Waals surface area contributed by atoms with Crippen LogP contribution in [0.4, 0.5) is 0 Å². The van der Waals surface area contributed by atoms with Gasteiger partial charge >= 0.3 is 0 Å². The standard InChI is InChI=1S/C15H24N2O3/c1-2-3-14(18)10-16-13-4-7-17(8-5-13)15(19)12-6-9-20-11-12/h6,9,11,13-14,16,18H,2-5,7-8,10H2,1H3. The van der Waals surface area contributed by atoms with Crippen LogP contribution in [0.3, 0.4) is 0 Å². The lowest BCUT2D eigenvalue weighted by Crippen LogP contribution is -2.46. The molecule has 1 aliphatic rings. The Hall–Kier alpha value is -1.33. The smallest absolute Gasteiger partial charge is 0.257 e. The topological polar surface area (TPSA) is 65.7 Å². The number of amides is 1. The number of aliphatic hydroxyl groups excluding tert-OH is 1. The highest BCUT2D eigenvalue weighted by Gasteiger charge is 2.24. The third-order valence-electron chi connectivity index (χ3n) is 3.81. The van der Waals surface area contributed by atoms with Crippen LogP contribution in [0, 0.1) is 0 Å². The molecule has 0 aliphatic carbocycles. The Kier molecular flexibility index (Phi) is 5.61. The normalized spacial score (nSPS) is 18.2. The van der Waals surface area contributed by atoms with Crippen LogP contribution in [-0.2, 0) is 0 Å². The van der Waals surface area contributed by atoms with E-state index in [4.69, 9.17) is 4.42 Å². The van der Waals surface area contributed by atoms with E-state index in [0.29, 0.717) is 18.2 Å². The molecule has 1 fully saturated rings. The molecule has 112 valence electrons. The number of piperidine rings is 1. The largest absolute Gasteiger partial charge is 0.472 e. The molecule has 0 aromatic carbocycles. The minimum Gasteiger partial charge on any atom is -0.472 e. The molecule has 1 unspecified atom stereocenters. The van der Waals surface area contributed by atoms with E-state index in [2.05, 4.69) is 12.2 Å². The summed E-state index contributed by atoms with van der Waals surface area (Å²) < 4.78 is 4.95. The lowest BCUT2D eigenvalue weighted by molar-refractivity contribution is 0.0696. The predicted octanol–water partition coefficient (Wildman–Crippen LogP) is 1.63. The fourth-order valence-electron chi connectivity index (χ4n) is 2.59. The number of hydrogen-bond donors (Lipinski definition) is 2. The minimum absolute atomic E-state index is 0.0446. The first-order chi connectivity index (χ1) is 9.70. The molecule has 5 heteroatoms. The van der Waals surface area contributed by atoms with Crippen LogP contribution < -0.4 is 5.32 Å². The Morgan fingerprint density at radius 3 is 2.90 bits per heavy atom. The molecule has 0 bridgehead atoms. The van der Waals surface area contributed by atoms with E-state index in [9.17, 15) is 9.90 Å². The number of carbonyl (C=O) groups is 1. The fourth-order valence-corrected chi connectivity index (χ4v) is 2.59. The molecule has 1 aromatic rings. The molecule has 0 radical (unpaired) electrons. The summed E-state index contributed by atoms with van der Waals surface area (Å²) in [6.07, 6.45) is 6.46. The van der Waals surface area contributed by atoms with Gasteiger partial charge in [0.1, 0.15) is 6.26 Å². The quantitative estimate of drug-likeness (QED) is 0.831. The number of likely N-dealkylation sites (tertiary alicyclic amines) is 1. The summed E-state index contributed by atoms with van der Waals surface area (Å²) in [5.41, 5.74) is 0.620. The van der Waals surface area contributed by atoms with Crippen molar-refractivity contribution in [3.05, 3.63) is 24.2 Å². The first-order valence-corrected chi connectivity index (χ1v) is 7.43. The molecule has 2 N–H and O–H groups in total. The third-order valence-corrected chi connectivity index (χ3v) is 3.81. The van der Waals surface area contributed by atoms with Crippen molar-refractivity contribution in [1.82, 2.24) is 10.2 Å². The summed E-state index contributed by atoms with van der Waals surface area (Å²) >= 11 is 0. The van der Waals surface area contributed by atoms with Gasteiger partial charge in [0.15, 0.2) is 0 Å². The van der Waals surface area contributed by atoms with E-state index in [0.717, 1.165) is 38.8 Å². The van der Waals surface area contributed by atoms with Gasteiger partial charge in [-0.25, -0.2) is 0 Å². The zero-order valence-corrected chi connectivity index (χ0v) is 12.0. The second-order valence-corrected chi connectivity index (χ2v) is 5.43. The molecule has 1 atom stereocenters. The van der Waals surface area contributed by atoms with Crippen molar-refractivity contribution in [1.29, 1.82) is 0 Å². The van der Waals surface area contributed by atoms with Crippen LogP contribution in [0.2, 0.25) is 0 Å². The van der Waals surface area contributed by atoms with E-state index in [1.54, 1.807) is 6.07 Å². The van der Waals surface area contributed by atoms with Crippen molar-refractivity contribution in [2.45, 2.75) is 44.8 Å². The number of rotatable bonds is 6. The second kappa shape index (κ2) is 7.45. The average Bonchev–Trinajstić information content (AvgIpc) is 2.99. The number of furan rings is 1. The number of nitrogens with zero attached hydrogens (tertiary/aromatic N) is 1. The first kappa shape index (κ1) is 15.1. The number of nitrogens with one attached hydrogen (secondary N) is 1. The van der Waals surface area contributed by atoms with Crippen LogP contribution in [0.5, 0.6) is 0 Å². The maximum Gasteiger partial charge on any atom is 0.257 e. The van der Waals surface area contributed by atoms with Gasteiger partial charge in [-0.15, -0.1) is 0 Å². The Balaban J connectivity index is 1.71. The van der Waals surface area contributed by atoms with Crippen molar-refractivity contribution in [2.24, 2.45) is 0 Å². The molecule has 2 rings (SSSR count). The van der Waals surface area contributed by atoms with Gasteiger partial charge in [-0.2, -0.15) is 0 Å². The summed E-state index contributed by atoms with van der Waals surface area (Å²) in [6, 6.07) is 2.10. The van der Waals surface area contributed by atoms with Crippen molar-refractivity contribution in [2.75, 3.05) is 19.6 Å². The van der Waals surface area contributed by atoms with Crippen LogP contribution in [0.15, 0.2) is 23.0 Å². The molecule has 2 heterocycles. The van der Waals surface area contributed by atoms with Gasteiger partial charge in [0.05, 0.1) is 17.9 Å². The number of aliphatic hydroxyl groups is 1. The molecule has 1 amide bonds. The summed E-state index contributed by atoms with van der Waals surface area (Å²) in [5.74, 6) is 0.0446. The van der Waals surface area contributed by atoms with Crippen LogP contribution in [0.25, 0.3) is 0 Å². The molecule has 1 aromatic heterocycles. The van der Waals surface area contributed by atoms with E-state index < -0.39 is 0 Å². The van der Waals surface area contributed by atoms with E-state index in [1.807, 2.05) is 4.90 Å². The lowest BCUT2D eigenvalue weighted by Gasteiger charge is -2.32. The SMILES string of the molecule is CCCC(O)CNC1CCN(C(=O)c2ccoc2)CC1. The highest BCUT2D eigenvalue weighted by Crippen LogP contribution is 2.14. The van der Waals surface area contributed by atoms with Gasteiger partial charge < -0.3 is 19.7 Å².